The van der Waals surface area contributed by atoms with E-state index in [1.807, 2.05) is 58.0 Å². The van der Waals surface area contributed by atoms with Crippen LogP contribution in [0.1, 0.15) is 52.5 Å². The molecule has 0 spiro atoms. The van der Waals surface area contributed by atoms with Gasteiger partial charge < -0.3 is 42.8 Å². The normalized spacial score (nSPS) is 13.5. The van der Waals surface area contributed by atoms with Gasteiger partial charge in [-0.2, -0.15) is 0 Å². The number of nitrogens with two attached hydrogens (primary N) is 2. The maximum absolute atomic E-state index is 13.5. The van der Waals surface area contributed by atoms with Gasteiger partial charge in [-0.15, -0.1) is 0 Å². The first kappa shape index (κ1) is 40.0. The van der Waals surface area contributed by atoms with Gasteiger partial charge in [-0.25, -0.2) is 4.79 Å². The second kappa shape index (κ2) is 22.4. The highest BCUT2D eigenvalue weighted by Crippen LogP contribution is 2.10. The van der Waals surface area contributed by atoms with Gasteiger partial charge in [-0.1, -0.05) is 76.8 Å². The van der Waals surface area contributed by atoms with Crippen LogP contribution in [0.4, 0.5) is 4.79 Å². The number of carbonyl (C=O) groups is 4. The summed E-state index contributed by atoms with van der Waals surface area (Å²) in [5, 5.41) is 21.2. The van der Waals surface area contributed by atoms with E-state index in [9.17, 15) is 19.2 Å². The van der Waals surface area contributed by atoms with Crippen molar-refractivity contribution >= 4 is 29.8 Å². The fourth-order valence-electron chi connectivity index (χ4n) is 4.27. The Morgan fingerprint density at radius 2 is 1.62 bits per heavy atom. The lowest BCUT2D eigenvalue weighted by Crippen LogP contribution is -2.57. The molecule has 1 aromatic carbocycles. The molecule has 0 saturated carbocycles. The average molecular weight is 653 g/mol. The van der Waals surface area contributed by atoms with Crippen molar-refractivity contribution in [2.24, 2.45) is 23.3 Å². The number of nitrogens with one attached hydrogen (secondary N) is 6. The number of rotatable bonds is 20. The van der Waals surface area contributed by atoms with E-state index in [1.54, 1.807) is 24.3 Å². The van der Waals surface area contributed by atoms with Crippen LogP contribution in [-0.4, -0.2) is 61.0 Å². The van der Waals surface area contributed by atoms with Crippen molar-refractivity contribution in [3.05, 3.63) is 84.6 Å². The molecule has 4 amide bonds. The Morgan fingerprint density at radius 3 is 2.21 bits per heavy atom. The van der Waals surface area contributed by atoms with E-state index in [4.69, 9.17) is 21.6 Å². The number of allylic oxidation sites excluding steroid dienone is 5. The molecule has 0 radical (unpaired) electrons. The van der Waals surface area contributed by atoms with Crippen molar-refractivity contribution in [3.63, 3.8) is 0 Å². The molecule has 3 atom stereocenters. The van der Waals surface area contributed by atoms with E-state index in [0.29, 0.717) is 25.0 Å². The zero-order valence-corrected chi connectivity index (χ0v) is 27.9. The van der Waals surface area contributed by atoms with Gasteiger partial charge in [0.25, 0.3) is 0 Å². The highest BCUT2D eigenvalue weighted by Gasteiger charge is 2.29. The molecule has 13 nitrogen and oxygen atoms in total. The summed E-state index contributed by atoms with van der Waals surface area (Å²) in [4.78, 5) is 52.2. The van der Waals surface area contributed by atoms with Crippen LogP contribution < -0.4 is 38.1 Å². The number of benzene rings is 1. The van der Waals surface area contributed by atoms with Gasteiger partial charge in [-0.05, 0) is 60.6 Å². The van der Waals surface area contributed by atoms with E-state index in [0.717, 1.165) is 5.56 Å². The Balaban J connectivity index is 2.97. The van der Waals surface area contributed by atoms with Crippen molar-refractivity contribution in [3.8, 4) is 0 Å². The topological polar surface area (TPSA) is 214 Å². The van der Waals surface area contributed by atoms with Crippen LogP contribution in [0, 0.1) is 17.2 Å². The largest absolute Gasteiger partial charge is 0.445 e. The average Bonchev–Trinajstić information content (AvgIpc) is 3.02. The number of hydrogen-bond acceptors (Lipinski definition) is 7. The van der Waals surface area contributed by atoms with Crippen molar-refractivity contribution in [1.29, 1.82) is 5.41 Å². The number of guanidine groups is 1. The Hall–Kier alpha value is -5.07. The van der Waals surface area contributed by atoms with Crippen LogP contribution in [0.25, 0.3) is 0 Å². The van der Waals surface area contributed by atoms with Crippen LogP contribution >= 0.6 is 0 Å². The van der Waals surface area contributed by atoms with E-state index < -0.39 is 36.0 Å². The lowest BCUT2D eigenvalue weighted by Gasteiger charge is -2.28. The summed E-state index contributed by atoms with van der Waals surface area (Å²) >= 11 is 0. The van der Waals surface area contributed by atoms with E-state index >= 15 is 0 Å². The van der Waals surface area contributed by atoms with Gasteiger partial charge >= 0.3 is 6.09 Å². The van der Waals surface area contributed by atoms with E-state index in [-0.39, 0.29) is 43.3 Å². The van der Waals surface area contributed by atoms with Crippen LogP contribution in [-0.2, 0) is 25.7 Å². The molecule has 47 heavy (non-hydrogen) atoms. The molecular formula is C34H52N8O5. The summed E-state index contributed by atoms with van der Waals surface area (Å²) in [6.07, 6.45) is 9.36. The molecule has 1 aromatic rings. The first-order valence-electron chi connectivity index (χ1n) is 15.7. The van der Waals surface area contributed by atoms with E-state index in [2.05, 4.69) is 33.2 Å². The number of amides is 4. The van der Waals surface area contributed by atoms with Gasteiger partial charge in [0.2, 0.25) is 17.7 Å². The predicted molar refractivity (Wildman–Crippen MR) is 185 cm³/mol. The fourth-order valence-corrected chi connectivity index (χ4v) is 4.27. The number of ether oxygens (including phenoxy) is 1. The lowest BCUT2D eigenvalue weighted by atomic mass is 9.99. The molecule has 13 heteroatoms. The van der Waals surface area contributed by atoms with Gasteiger partial charge in [0, 0.05) is 25.2 Å². The molecule has 0 aliphatic rings. The summed E-state index contributed by atoms with van der Waals surface area (Å²) in [6, 6.07) is 6.76. The Kier molecular flexibility index (Phi) is 19.1. The number of alkyl carbamates (subject to hydrolysis) is 1. The lowest BCUT2D eigenvalue weighted by molar-refractivity contribution is -0.131. The predicted octanol–water partition coefficient (Wildman–Crippen LogP) is 2.47. The third-order valence-corrected chi connectivity index (χ3v) is 6.80. The molecule has 3 unspecified atom stereocenters. The SMILES string of the molecule is C=C/C=C(\C=C/N)/C=C/C(=O)NCC(NC(=O)C(CC(C)C)NC(=O)C(CCCNC(=N)N)NC(=O)OCc1ccccc1)C(C)C. The molecular weight excluding hydrogens is 600 g/mol. The molecule has 0 bridgehead atoms. The third kappa shape index (κ3) is 17.9. The molecule has 0 aliphatic heterocycles. The van der Waals surface area contributed by atoms with Crippen LogP contribution in [0.15, 0.2) is 79.1 Å². The van der Waals surface area contributed by atoms with Crippen molar-refractivity contribution in [2.45, 2.75) is 71.7 Å². The quantitative estimate of drug-likeness (QED) is 0.0344. The monoisotopic (exact) mass is 652 g/mol. The van der Waals surface area contributed by atoms with Gasteiger partial charge in [0.05, 0.1) is 0 Å². The highest BCUT2D eigenvalue weighted by molar-refractivity contribution is 5.91. The minimum absolute atomic E-state index is 0.0195. The van der Waals surface area contributed by atoms with Gasteiger partial charge in [-0.3, -0.25) is 19.8 Å². The van der Waals surface area contributed by atoms with Gasteiger partial charge in [0.15, 0.2) is 5.96 Å². The standard InChI is InChI=1S/C34H52N8O5/c1-6-11-25(17-18-35)15-16-30(43)39-21-29(24(4)5)41-32(45)28(20-23(2)3)40-31(44)27(14-10-19-38-33(36)37)42-34(46)47-22-26-12-8-7-9-13-26/h6-9,11-13,15-18,23-24,27-29H,1,10,14,19-22,35H2,2-5H3,(H,39,43)(H,40,44)(H,41,45)(H,42,46)(H4,36,37,38)/b16-15+,18-17-,25-11-. The molecule has 0 aliphatic carbocycles. The minimum Gasteiger partial charge on any atom is -0.445 e. The van der Waals surface area contributed by atoms with Crippen molar-refractivity contribution in [1.82, 2.24) is 26.6 Å². The molecule has 0 aromatic heterocycles. The zero-order chi connectivity index (χ0) is 35.2. The molecule has 1 rings (SSSR count). The Morgan fingerprint density at radius 1 is 0.936 bits per heavy atom. The Labute approximate surface area is 278 Å². The molecule has 10 N–H and O–H groups in total. The number of carbonyl (C=O) groups excluding carboxylic acids is 4. The van der Waals surface area contributed by atoms with Gasteiger partial charge in [0.1, 0.15) is 18.7 Å². The third-order valence-electron chi connectivity index (χ3n) is 6.80. The second-order valence-electron chi connectivity index (χ2n) is 11.6. The smallest absolute Gasteiger partial charge is 0.408 e. The first-order chi connectivity index (χ1) is 22.4. The summed E-state index contributed by atoms with van der Waals surface area (Å²) in [6.45, 7) is 11.8. The van der Waals surface area contributed by atoms with Crippen LogP contribution in [0.2, 0.25) is 0 Å². The fraction of sp³-hybridized carbons (Fsp3) is 0.441. The number of hydrogen-bond donors (Lipinski definition) is 8. The minimum atomic E-state index is -1.02. The molecule has 258 valence electrons. The maximum atomic E-state index is 13.5. The van der Waals surface area contributed by atoms with Crippen LogP contribution in [0.5, 0.6) is 0 Å². The molecule has 0 fully saturated rings. The molecule has 0 heterocycles. The molecule has 0 saturated heterocycles. The highest BCUT2D eigenvalue weighted by atomic mass is 16.5. The maximum Gasteiger partial charge on any atom is 0.408 e. The van der Waals surface area contributed by atoms with E-state index in [1.165, 1.54) is 12.3 Å². The Bertz CT molecular complexity index is 1260. The van der Waals surface area contributed by atoms with Crippen molar-refractivity contribution in [2.75, 3.05) is 13.1 Å². The van der Waals surface area contributed by atoms with Crippen molar-refractivity contribution < 1.29 is 23.9 Å². The van der Waals surface area contributed by atoms with Crippen LogP contribution in [0.3, 0.4) is 0 Å². The first-order valence-corrected chi connectivity index (χ1v) is 15.7. The summed E-state index contributed by atoms with van der Waals surface area (Å²) < 4.78 is 5.32. The summed E-state index contributed by atoms with van der Waals surface area (Å²) in [5.74, 6) is -1.53. The second-order valence-corrected chi connectivity index (χ2v) is 11.6. The summed E-state index contributed by atoms with van der Waals surface area (Å²) in [7, 11) is 0. The zero-order valence-electron chi connectivity index (χ0n) is 27.9. The summed E-state index contributed by atoms with van der Waals surface area (Å²) in [5.41, 5.74) is 12.3.